The number of nitrogens with zero attached hydrogens (tertiary/aromatic N) is 2. The van der Waals surface area contributed by atoms with Gasteiger partial charge in [0.05, 0.1) is 17.3 Å². The minimum Gasteiger partial charge on any atom is -0.358 e. The van der Waals surface area contributed by atoms with Crippen LogP contribution in [0.3, 0.4) is 0 Å². The van der Waals surface area contributed by atoms with Crippen LogP contribution in [0.4, 0.5) is 0 Å². The summed E-state index contributed by atoms with van der Waals surface area (Å²) in [5.74, 6) is -0.284. The molecule has 0 aliphatic rings. The Kier molecular flexibility index (Phi) is 2.36. The van der Waals surface area contributed by atoms with E-state index in [1.54, 1.807) is 0 Å². The normalized spacial score (nSPS) is 10.5. The van der Waals surface area contributed by atoms with Gasteiger partial charge in [0.15, 0.2) is 10.5 Å². The molecule has 2 heterocycles. The molecule has 2 rings (SSSR count). The summed E-state index contributed by atoms with van der Waals surface area (Å²) < 4.78 is 0.321. The third-order valence-corrected chi connectivity index (χ3v) is 2.35. The molecule has 0 aliphatic heterocycles. The van der Waals surface area contributed by atoms with E-state index in [1.807, 2.05) is 0 Å². The number of halogens is 1. The van der Waals surface area contributed by atoms with E-state index >= 15 is 0 Å². The Bertz CT molecular complexity index is 606. The summed E-state index contributed by atoms with van der Waals surface area (Å²) in [7, 11) is 0. The highest BCUT2D eigenvalue weighted by Crippen LogP contribution is 2.08. The van der Waals surface area contributed by atoms with Gasteiger partial charge in [0.1, 0.15) is 5.52 Å². The second kappa shape index (κ2) is 3.54. The molecule has 0 bridgehead atoms. The van der Waals surface area contributed by atoms with Crippen molar-refractivity contribution in [3.8, 4) is 0 Å². The molecule has 0 radical (unpaired) electrons. The summed E-state index contributed by atoms with van der Waals surface area (Å²) in [6.45, 7) is 1.34. The van der Waals surface area contributed by atoms with Gasteiger partial charge in [-0.2, -0.15) is 0 Å². The minimum atomic E-state index is -0.376. The maximum Gasteiger partial charge on any atom is 0.218 e. The Morgan fingerprint density at radius 1 is 1.53 bits per heavy atom. The number of hydrogen-bond acceptors (Lipinski definition) is 4. The van der Waals surface area contributed by atoms with Gasteiger partial charge in [-0.3, -0.25) is 9.59 Å². The van der Waals surface area contributed by atoms with E-state index in [1.165, 1.54) is 19.3 Å². The van der Waals surface area contributed by atoms with E-state index in [0.29, 0.717) is 10.3 Å². The Balaban J connectivity index is 2.89. The van der Waals surface area contributed by atoms with Crippen LogP contribution in [0.2, 0.25) is 0 Å². The summed E-state index contributed by atoms with van der Waals surface area (Å²) in [5.41, 5.74) is 0.449. The molecule has 0 spiro atoms. The fraction of sp³-hybridized carbons (Fsp3) is 0.111. The van der Waals surface area contributed by atoms with Crippen molar-refractivity contribution in [2.45, 2.75) is 6.92 Å². The fourth-order valence-corrected chi connectivity index (χ4v) is 1.52. The van der Waals surface area contributed by atoms with Gasteiger partial charge in [-0.05, 0) is 22.9 Å². The Hall–Kier alpha value is -1.56. The highest BCUT2D eigenvalue weighted by molar-refractivity contribution is 9.10. The van der Waals surface area contributed by atoms with Crippen LogP contribution in [0, 0.1) is 0 Å². The molecular formula is C9H6BrN3O2. The molecule has 2 aromatic rings. The van der Waals surface area contributed by atoms with Crippen molar-refractivity contribution in [1.82, 2.24) is 15.0 Å². The van der Waals surface area contributed by atoms with Crippen LogP contribution >= 0.6 is 15.9 Å². The smallest absolute Gasteiger partial charge is 0.218 e. The van der Waals surface area contributed by atoms with Gasteiger partial charge in [0.25, 0.3) is 0 Å². The molecule has 2 aromatic heterocycles. The van der Waals surface area contributed by atoms with Crippen LogP contribution in [0.5, 0.6) is 0 Å². The third-order valence-electron chi connectivity index (χ3n) is 1.97. The molecular weight excluding hydrogens is 262 g/mol. The fourth-order valence-electron chi connectivity index (χ4n) is 1.24. The Morgan fingerprint density at radius 3 is 2.93 bits per heavy atom. The summed E-state index contributed by atoms with van der Waals surface area (Å²) in [6.07, 6.45) is 2.86. The second-order valence-corrected chi connectivity index (χ2v) is 3.70. The van der Waals surface area contributed by atoms with Crippen LogP contribution in [0.25, 0.3) is 11.0 Å². The van der Waals surface area contributed by atoms with Crippen molar-refractivity contribution in [3.05, 3.63) is 32.9 Å². The third kappa shape index (κ3) is 1.68. The van der Waals surface area contributed by atoms with Gasteiger partial charge in [0, 0.05) is 6.20 Å². The zero-order valence-corrected chi connectivity index (χ0v) is 9.33. The highest BCUT2D eigenvalue weighted by atomic mass is 79.9. The number of aromatic nitrogens is 3. The molecule has 0 aromatic carbocycles. The van der Waals surface area contributed by atoms with Gasteiger partial charge < -0.3 is 4.98 Å². The van der Waals surface area contributed by atoms with E-state index < -0.39 is 0 Å². The van der Waals surface area contributed by atoms with Gasteiger partial charge in [-0.15, -0.1) is 0 Å². The zero-order valence-electron chi connectivity index (χ0n) is 7.74. The van der Waals surface area contributed by atoms with Gasteiger partial charge >= 0.3 is 0 Å². The highest BCUT2D eigenvalue weighted by Gasteiger charge is 2.10. The number of fused-ring (bicyclic) bond motifs is 1. The number of hydrogen-bond donors (Lipinski definition) is 1. The molecule has 0 fully saturated rings. The summed E-state index contributed by atoms with van der Waals surface area (Å²) >= 11 is 3.07. The molecule has 0 saturated heterocycles. The van der Waals surface area contributed by atoms with Crippen molar-refractivity contribution in [3.63, 3.8) is 0 Å². The summed E-state index contributed by atoms with van der Waals surface area (Å²) in [5, 5.41) is 0. The SMILES string of the molecule is CC(=O)c1c[nH]c2cnc(Br)nc2c1=O. The van der Waals surface area contributed by atoms with Crippen LogP contribution in [0.1, 0.15) is 17.3 Å². The average molecular weight is 268 g/mol. The predicted octanol–water partition coefficient (Wildman–Crippen LogP) is 1.28. The summed E-state index contributed by atoms with van der Waals surface area (Å²) in [4.78, 5) is 33.5. The van der Waals surface area contributed by atoms with Crippen LogP contribution in [0.15, 0.2) is 21.9 Å². The lowest BCUT2D eigenvalue weighted by molar-refractivity contribution is 0.101. The first kappa shape index (κ1) is 9.97. The topological polar surface area (TPSA) is 75.7 Å². The molecule has 0 saturated carbocycles. The number of carbonyl (C=O) groups excluding carboxylic acids is 1. The molecule has 0 amide bonds. The van der Waals surface area contributed by atoms with Crippen molar-refractivity contribution in [1.29, 1.82) is 0 Å². The van der Waals surface area contributed by atoms with Crippen molar-refractivity contribution in [2.24, 2.45) is 0 Å². The molecule has 0 unspecified atom stereocenters. The van der Waals surface area contributed by atoms with E-state index in [-0.39, 0.29) is 22.3 Å². The first-order valence-electron chi connectivity index (χ1n) is 4.14. The number of H-pyrrole nitrogens is 1. The quantitative estimate of drug-likeness (QED) is 0.624. The second-order valence-electron chi connectivity index (χ2n) is 2.99. The molecule has 0 aliphatic carbocycles. The monoisotopic (exact) mass is 267 g/mol. The number of pyridine rings is 1. The predicted molar refractivity (Wildman–Crippen MR) is 57.9 cm³/mol. The largest absolute Gasteiger partial charge is 0.358 e. The maximum atomic E-state index is 11.8. The van der Waals surface area contributed by atoms with Crippen LogP contribution < -0.4 is 5.43 Å². The molecule has 0 atom stereocenters. The number of ketones is 1. The molecule has 1 N–H and O–H groups in total. The number of carbonyl (C=O) groups is 1. The van der Waals surface area contributed by atoms with E-state index in [2.05, 4.69) is 30.9 Å². The number of rotatable bonds is 1. The number of aromatic amines is 1. The first-order chi connectivity index (χ1) is 7.09. The van der Waals surface area contributed by atoms with Crippen molar-refractivity contribution in [2.75, 3.05) is 0 Å². The number of nitrogens with one attached hydrogen (secondary N) is 1. The molecule has 6 heteroatoms. The molecule has 5 nitrogen and oxygen atoms in total. The minimum absolute atomic E-state index is 0.105. The maximum absolute atomic E-state index is 11.8. The first-order valence-corrected chi connectivity index (χ1v) is 4.94. The zero-order chi connectivity index (χ0) is 11.0. The summed E-state index contributed by atoms with van der Waals surface area (Å²) in [6, 6.07) is 0. The van der Waals surface area contributed by atoms with Crippen LogP contribution in [-0.4, -0.2) is 20.7 Å². The van der Waals surface area contributed by atoms with Gasteiger partial charge in [0.2, 0.25) is 5.43 Å². The average Bonchev–Trinajstić information content (AvgIpc) is 2.19. The van der Waals surface area contributed by atoms with Crippen LogP contribution in [-0.2, 0) is 0 Å². The van der Waals surface area contributed by atoms with Crippen molar-refractivity contribution >= 4 is 32.7 Å². The van der Waals surface area contributed by atoms with Crippen molar-refractivity contribution < 1.29 is 4.79 Å². The van der Waals surface area contributed by atoms with E-state index in [9.17, 15) is 9.59 Å². The Morgan fingerprint density at radius 2 is 2.27 bits per heavy atom. The molecule has 15 heavy (non-hydrogen) atoms. The Labute approximate surface area is 92.7 Å². The van der Waals surface area contributed by atoms with Gasteiger partial charge in [-0.25, -0.2) is 9.97 Å². The number of Topliss-reactive ketones (excluding diaryl/α,β-unsaturated/α-hetero) is 1. The lowest BCUT2D eigenvalue weighted by atomic mass is 10.2. The standard InChI is InChI=1S/C9H6BrN3O2/c1-4(14)5-2-11-6-3-12-9(10)13-7(6)8(5)15/h2-3H,1H3,(H,11,15). The van der Waals surface area contributed by atoms with E-state index in [0.717, 1.165) is 0 Å². The lowest BCUT2D eigenvalue weighted by Crippen LogP contribution is -2.15. The van der Waals surface area contributed by atoms with Gasteiger partial charge in [-0.1, -0.05) is 0 Å². The lowest BCUT2D eigenvalue weighted by Gasteiger charge is -1.99. The molecule has 76 valence electrons. The van der Waals surface area contributed by atoms with E-state index in [4.69, 9.17) is 0 Å².